The van der Waals surface area contributed by atoms with Crippen molar-refractivity contribution in [3.63, 3.8) is 0 Å². The summed E-state index contributed by atoms with van der Waals surface area (Å²) in [6.45, 7) is 8.83. The zero-order valence-electron chi connectivity index (χ0n) is 8.31. The third-order valence-electron chi connectivity index (χ3n) is 2.17. The monoisotopic (exact) mass is 205 g/mol. The number of nitrogens with zero attached hydrogens (tertiary/aromatic N) is 1. The summed E-state index contributed by atoms with van der Waals surface area (Å²) in [5.41, 5.74) is 0. The van der Waals surface area contributed by atoms with Crippen LogP contribution >= 0.6 is 9.39 Å². The number of rotatable bonds is 0. The summed E-state index contributed by atoms with van der Waals surface area (Å²) in [7, 11) is 1.98. The van der Waals surface area contributed by atoms with Gasteiger partial charge in [-0.1, -0.05) is 0 Å². The molecule has 4 nitrogen and oxygen atoms in total. The summed E-state index contributed by atoms with van der Waals surface area (Å²) in [6.07, 6.45) is 0. The molecule has 1 fully saturated rings. The van der Waals surface area contributed by atoms with Gasteiger partial charge in [0.05, 0.1) is 0 Å². The van der Waals surface area contributed by atoms with Crippen molar-refractivity contribution >= 4 is 9.39 Å². The van der Waals surface area contributed by atoms with Gasteiger partial charge >= 0.3 is 0 Å². The lowest BCUT2D eigenvalue weighted by molar-refractivity contribution is 0.433. The molecule has 0 aromatic heterocycles. The van der Waals surface area contributed by atoms with Gasteiger partial charge in [-0.2, -0.15) is 4.67 Å². The Hall–Kier alpha value is 0.270. The predicted octanol–water partition coefficient (Wildman–Crippen LogP) is -1.41. The summed E-state index contributed by atoms with van der Waals surface area (Å²) in [5, 5.41) is 10.2. The molecule has 3 N–H and O–H groups in total. The van der Waals surface area contributed by atoms with Crippen LogP contribution in [0.25, 0.3) is 0 Å². The van der Waals surface area contributed by atoms with E-state index in [0.29, 0.717) is 0 Å². The lowest BCUT2D eigenvalue weighted by Gasteiger charge is -2.14. The molecule has 0 aliphatic carbocycles. The quantitative estimate of drug-likeness (QED) is 0.425. The van der Waals surface area contributed by atoms with Crippen molar-refractivity contribution < 1.29 is 0 Å². The molecule has 1 aliphatic rings. The van der Waals surface area contributed by atoms with Gasteiger partial charge in [0.15, 0.2) is 0 Å². The molecule has 1 aliphatic heterocycles. The maximum absolute atomic E-state index is 3.41. The molecule has 0 spiro atoms. The fraction of sp³-hybridized carbons (Fsp3) is 1.00. The van der Waals surface area contributed by atoms with Crippen molar-refractivity contribution in [3.8, 4) is 0 Å². The van der Waals surface area contributed by atoms with Crippen LogP contribution in [-0.2, 0) is 0 Å². The van der Waals surface area contributed by atoms with Crippen LogP contribution < -0.4 is 16.0 Å². The molecule has 0 aromatic carbocycles. The minimum atomic E-state index is 1.08. The van der Waals surface area contributed by atoms with Crippen LogP contribution in [-0.4, -0.2) is 57.0 Å². The van der Waals surface area contributed by atoms with Gasteiger partial charge in [-0.05, 0) is 0 Å². The second-order valence-corrected chi connectivity index (χ2v) is 4.26. The van der Waals surface area contributed by atoms with Gasteiger partial charge in [-0.3, -0.25) is 0 Å². The smallest absolute Gasteiger partial charge is 0.0451 e. The van der Waals surface area contributed by atoms with E-state index in [9.17, 15) is 0 Å². The van der Waals surface area contributed by atoms with Crippen LogP contribution in [0, 0.1) is 0 Å². The van der Waals surface area contributed by atoms with Gasteiger partial charge in [-0.25, -0.2) is 0 Å². The fourth-order valence-corrected chi connectivity index (χ4v) is 1.63. The van der Waals surface area contributed by atoms with Crippen molar-refractivity contribution in [1.82, 2.24) is 20.6 Å². The van der Waals surface area contributed by atoms with Crippen LogP contribution in [0.3, 0.4) is 0 Å². The highest BCUT2D eigenvalue weighted by Crippen LogP contribution is 1.94. The maximum Gasteiger partial charge on any atom is 0.0451 e. The van der Waals surface area contributed by atoms with Crippen LogP contribution in [0.2, 0.25) is 0 Å². The third-order valence-corrected chi connectivity index (χ3v) is 2.80. The summed E-state index contributed by atoms with van der Waals surface area (Å²) < 4.78 is 2.38. The van der Waals surface area contributed by atoms with Gasteiger partial charge in [0.2, 0.25) is 0 Å². The van der Waals surface area contributed by atoms with Crippen molar-refractivity contribution in [3.05, 3.63) is 0 Å². The summed E-state index contributed by atoms with van der Waals surface area (Å²) >= 11 is 0. The molecule has 1 atom stereocenters. The molecule has 0 amide bonds. The number of hydrogen-bond donors (Lipinski definition) is 3. The van der Waals surface area contributed by atoms with E-state index in [-0.39, 0.29) is 0 Å². The highest BCUT2D eigenvalue weighted by Gasteiger charge is 2.01. The molecule has 5 heteroatoms. The van der Waals surface area contributed by atoms with E-state index in [1.54, 1.807) is 0 Å². The Kier molecular flexibility index (Phi) is 6.68. The SMILES string of the molecule is [PH3+]N1CCNCCNCCNCC1. The maximum atomic E-state index is 3.41. The lowest BCUT2D eigenvalue weighted by atomic mass is 10.4. The van der Waals surface area contributed by atoms with Gasteiger partial charge in [0, 0.05) is 61.7 Å². The molecule has 1 heterocycles. The van der Waals surface area contributed by atoms with Gasteiger partial charge in [-0.15, -0.1) is 0 Å². The minimum Gasteiger partial charge on any atom is -0.314 e. The largest absolute Gasteiger partial charge is 0.314 e. The Bertz CT molecular complexity index is 111. The zero-order chi connectivity index (χ0) is 9.36. The summed E-state index contributed by atoms with van der Waals surface area (Å²) in [6, 6.07) is 0. The Morgan fingerprint density at radius 3 is 1.54 bits per heavy atom. The van der Waals surface area contributed by atoms with E-state index in [0.717, 1.165) is 52.4 Å². The van der Waals surface area contributed by atoms with E-state index in [1.165, 1.54) is 0 Å². The molecule has 13 heavy (non-hydrogen) atoms. The molecule has 1 rings (SSSR count). The molecule has 0 radical (unpaired) electrons. The molecule has 78 valence electrons. The second kappa shape index (κ2) is 7.65. The zero-order valence-corrected chi connectivity index (χ0v) is 9.73. The second-order valence-electron chi connectivity index (χ2n) is 3.37. The third kappa shape index (κ3) is 6.36. The molecular formula is C8H22N4P+. The first-order valence-corrected chi connectivity index (χ1v) is 5.70. The van der Waals surface area contributed by atoms with E-state index < -0.39 is 0 Å². The summed E-state index contributed by atoms with van der Waals surface area (Å²) in [5.74, 6) is 0. The van der Waals surface area contributed by atoms with Crippen molar-refractivity contribution in [1.29, 1.82) is 0 Å². The van der Waals surface area contributed by atoms with Gasteiger partial charge in [0.1, 0.15) is 0 Å². The molecule has 0 aromatic rings. The van der Waals surface area contributed by atoms with E-state index in [1.807, 2.05) is 9.39 Å². The Labute approximate surface area is 83.1 Å². The van der Waals surface area contributed by atoms with Gasteiger partial charge in [0.25, 0.3) is 0 Å². The molecular weight excluding hydrogens is 183 g/mol. The Morgan fingerprint density at radius 1 is 0.692 bits per heavy atom. The summed E-state index contributed by atoms with van der Waals surface area (Å²) in [4.78, 5) is 0. The van der Waals surface area contributed by atoms with Crippen LogP contribution in [0.4, 0.5) is 0 Å². The van der Waals surface area contributed by atoms with Crippen LogP contribution in [0.5, 0.6) is 0 Å². The van der Waals surface area contributed by atoms with Crippen molar-refractivity contribution in [2.45, 2.75) is 0 Å². The van der Waals surface area contributed by atoms with Gasteiger partial charge < -0.3 is 16.0 Å². The van der Waals surface area contributed by atoms with Crippen LogP contribution in [0.15, 0.2) is 0 Å². The van der Waals surface area contributed by atoms with Crippen LogP contribution in [0.1, 0.15) is 0 Å². The first-order chi connectivity index (χ1) is 6.39. The lowest BCUT2D eigenvalue weighted by Crippen LogP contribution is -2.38. The number of nitrogens with one attached hydrogen (secondary N) is 3. The Morgan fingerprint density at radius 2 is 1.08 bits per heavy atom. The van der Waals surface area contributed by atoms with E-state index >= 15 is 0 Å². The average Bonchev–Trinajstić information content (AvgIpc) is 2.11. The topological polar surface area (TPSA) is 39.3 Å². The first-order valence-electron chi connectivity index (χ1n) is 5.07. The molecule has 0 saturated carbocycles. The normalized spacial score (nSPS) is 24.9. The first kappa shape index (κ1) is 11.3. The van der Waals surface area contributed by atoms with Crippen molar-refractivity contribution in [2.75, 3.05) is 52.4 Å². The minimum absolute atomic E-state index is 1.08. The standard InChI is InChI=1S/C8H21N4P/c13-12-7-5-10-3-1-9-2-4-11-6-8-12/h9-11H,1-8,13H2/p+1. The average molecular weight is 205 g/mol. The molecule has 1 unspecified atom stereocenters. The molecule has 1 saturated heterocycles. The number of hydrogen-bond acceptors (Lipinski definition) is 4. The highest BCUT2D eigenvalue weighted by molar-refractivity contribution is 7.13. The fourth-order valence-electron chi connectivity index (χ4n) is 1.31. The van der Waals surface area contributed by atoms with E-state index in [4.69, 9.17) is 0 Å². The predicted molar refractivity (Wildman–Crippen MR) is 61.3 cm³/mol. The molecule has 0 bridgehead atoms. The Balaban J connectivity index is 2.11. The van der Waals surface area contributed by atoms with Crippen molar-refractivity contribution in [2.24, 2.45) is 0 Å². The highest BCUT2D eigenvalue weighted by atomic mass is 31.0. The van der Waals surface area contributed by atoms with E-state index in [2.05, 4.69) is 20.6 Å².